The first-order valence-electron chi connectivity index (χ1n) is 8.05. The van der Waals surface area contributed by atoms with E-state index in [0.717, 1.165) is 0 Å². The number of thiophene rings is 1. The molecule has 2 aromatic heterocycles. The minimum atomic E-state index is -0.452. The van der Waals surface area contributed by atoms with Crippen LogP contribution in [0.15, 0.2) is 35.8 Å². The predicted molar refractivity (Wildman–Crippen MR) is 98.4 cm³/mol. The summed E-state index contributed by atoms with van der Waals surface area (Å²) in [6, 6.07) is 6.65. The smallest absolute Gasteiger partial charge is 0.270 e. The Balaban J connectivity index is 1.46. The maximum Gasteiger partial charge on any atom is 0.270 e. The molecule has 3 rings (SSSR count). The average Bonchev–Trinajstić information content (AvgIpc) is 3.20. The lowest BCUT2D eigenvalue weighted by molar-refractivity contribution is -0.131. The fourth-order valence-corrected chi connectivity index (χ4v) is 3.45. The second kappa shape index (κ2) is 8.29. The molecule has 7 nitrogen and oxygen atoms in total. The summed E-state index contributed by atoms with van der Waals surface area (Å²) in [5.41, 5.74) is 0.164. The quantitative estimate of drug-likeness (QED) is 0.855. The molecule has 3 amide bonds. The third kappa shape index (κ3) is 4.39. The van der Waals surface area contributed by atoms with Crippen LogP contribution in [0.1, 0.15) is 20.2 Å². The highest BCUT2D eigenvalue weighted by Crippen LogP contribution is 2.14. The monoisotopic (exact) mass is 392 g/mol. The van der Waals surface area contributed by atoms with E-state index in [9.17, 15) is 14.4 Å². The lowest BCUT2D eigenvalue weighted by atomic mass is 10.2. The van der Waals surface area contributed by atoms with Gasteiger partial charge < -0.3 is 15.1 Å². The number of pyridine rings is 1. The second-order valence-corrected chi connectivity index (χ2v) is 7.08. The topological polar surface area (TPSA) is 82.6 Å². The van der Waals surface area contributed by atoms with Crippen molar-refractivity contribution in [1.29, 1.82) is 0 Å². The Kier molecular flexibility index (Phi) is 5.85. The molecule has 0 atom stereocenters. The van der Waals surface area contributed by atoms with E-state index in [0.29, 0.717) is 36.1 Å². The van der Waals surface area contributed by atoms with Crippen molar-refractivity contribution >= 4 is 40.7 Å². The number of nitrogens with one attached hydrogen (secondary N) is 1. The minimum Gasteiger partial charge on any atom is -0.342 e. The van der Waals surface area contributed by atoms with Gasteiger partial charge in [-0.15, -0.1) is 11.3 Å². The van der Waals surface area contributed by atoms with Gasteiger partial charge in [0.15, 0.2) is 0 Å². The van der Waals surface area contributed by atoms with Crippen LogP contribution in [-0.4, -0.2) is 65.2 Å². The van der Waals surface area contributed by atoms with Crippen LogP contribution in [-0.2, 0) is 4.79 Å². The van der Waals surface area contributed by atoms with Gasteiger partial charge in [0.05, 0.1) is 11.4 Å². The fourth-order valence-electron chi connectivity index (χ4n) is 2.60. The number of halogens is 1. The van der Waals surface area contributed by atoms with Crippen LogP contribution in [0.3, 0.4) is 0 Å². The molecule has 3 heterocycles. The lowest BCUT2D eigenvalue weighted by Gasteiger charge is -2.34. The molecule has 1 fully saturated rings. The molecular weight excluding hydrogens is 376 g/mol. The molecule has 136 valence electrons. The fraction of sp³-hybridized carbons (Fsp3) is 0.294. The molecule has 1 aliphatic heterocycles. The lowest BCUT2D eigenvalue weighted by Crippen LogP contribution is -2.52. The number of piperazine rings is 1. The zero-order chi connectivity index (χ0) is 18.5. The van der Waals surface area contributed by atoms with E-state index in [-0.39, 0.29) is 24.1 Å². The molecule has 1 N–H and O–H groups in total. The van der Waals surface area contributed by atoms with Crippen LogP contribution in [0.4, 0.5) is 0 Å². The molecule has 1 saturated heterocycles. The molecular formula is C17H17ClN4O3S. The SMILES string of the molecule is O=C(NCC(=O)N1CCN(C(=O)c2cccs2)CC1)c1cc(Cl)ccn1. The summed E-state index contributed by atoms with van der Waals surface area (Å²) in [6.45, 7) is 1.73. The van der Waals surface area contributed by atoms with Crippen molar-refractivity contribution < 1.29 is 14.4 Å². The Morgan fingerprint density at radius 2 is 1.88 bits per heavy atom. The Morgan fingerprint density at radius 3 is 2.54 bits per heavy atom. The van der Waals surface area contributed by atoms with E-state index in [2.05, 4.69) is 10.3 Å². The van der Waals surface area contributed by atoms with Crippen LogP contribution < -0.4 is 5.32 Å². The second-order valence-electron chi connectivity index (χ2n) is 5.69. The first kappa shape index (κ1) is 18.3. The summed E-state index contributed by atoms with van der Waals surface area (Å²) in [5, 5.41) is 4.82. The highest BCUT2D eigenvalue weighted by atomic mass is 35.5. The van der Waals surface area contributed by atoms with E-state index in [1.807, 2.05) is 11.4 Å². The summed E-state index contributed by atoms with van der Waals surface area (Å²) in [5.74, 6) is -0.650. The van der Waals surface area contributed by atoms with Crippen LogP contribution in [0.5, 0.6) is 0 Å². The number of nitrogens with zero attached hydrogens (tertiary/aromatic N) is 3. The number of aromatic nitrogens is 1. The van der Waals surface area contributed by atoms with Crippen LogP contribution >= 0.6 is 22.9 Å². The van der Waals surface area contributed by atoms with E-state index >= 15 is 0 Å². The molecule has 0 spiro atoms. The van der Waals surface area contributed by atoms with Crippen molar-refractivity contribution in [3.63, 3.8) is 0 Å². The zero-order valence-corrected chi connectivity index (χ0v) is 15.4. The molecule has 26 heavy (non-hydrogen) atoms. The highest BCUT2D eigenvalue weighted by molar-refractivity contribution is 7.12. The first-order chi connectivity index (χ1) is 12.5. The summed E-state index contributed by atoms with van der Waals surface area (Å²) >= 11 is 7.23. The van der Waals surface area contributed by atoms with Crippen molar-refractivity contribution in [3.05, 3.63) is 51.4 Å². The first-order valence-corrected chi connectivity index (χ1v) is 9.30. The molecule has 9 heteroatoms. The molecule has 0 bridgehead atoms. The number of hydrogen-bond acceptors (Lipinski definition) is 5. The van der Waals surface area contributed by atoms with Gasteiger partial charge in [-0.2, -0.15) is 0 Å². The minimum absolute atomic E-state index is 0.00701. The van der Waals surface area contributed by atoms with Crippen molar-refractivity contribution in [2.45, 2.75) is 0 Å². The molecule has 0 saturated carbocycles. The number of hydrogen-bond donors (Lipinski definition) is 1. The van der Waals surface area contributed by atoms with Gasteiger partial charge in [0.1, 0.15) is 5.69 Å². The zero-order valence-electron chi connectivity index (χ0n) is 13.9. The average molecular weight is 393 g/mol. The maximum absolute atomic E-state index is 12.3. The number of carbonyl (C=O) groups excluding carboxylic acids is 3. The molecule has 0 unspecified atom stereocenters. The number of amides is 3. The molecule has 0 aromatic carbocycles. The summed E-state index contributed by atoms with van der Waals surface area (Å²) < 4.78 is 0. The van der Waals surface area contributed by atoms with E-state index in [1.165, 1.54) is 23.6 Å². The number of rotatable bonds is 4. The highest BCUT2D eigenvalue weighted by Gasteiger charge is 2.25. The predicted octanol–water partition coefficient (Wildman–Crippen LogP) is 1.51. The Morgan fingerprint density at radius 1 is 1.15 bits per heavy atom. The summed E-state index contributed by atoms with van der Waals surface area (Å²) in [6.07, 6.45) is 1.43. The summed E-state index contributed by atoms with van der Waals surface area (Å²) in [4.78, 5) is 44.6. The van der Waals surface area contributed by atoms with Crippen LogP contribution in [0.2, 0.25) is 5.02 Å². The molecule has 0 radical (unpaired) electrons. The van der Waals surface area contributed by atoms with Gasteiger partial charge in [0, 0.05) is 37.4 Å². The standard InChI is InChI=1S/C17H17ClN4O3S/c18-12-3-4-19-13(10-12)16(24)20-11-15(23)21-5-7-22(8-6-21)17(25)14-2-1-9-26-14/h1-4,9-10H,5-8,11H2,(H,20,24). The van der Waals surface area contributed by atoms with E-state index in [4.69, 9.17) is 11.6 Å². The Labute approximate surface area is 159 Å². The largest absolute Gasteiger partial charge is 0.342 e. The van der Waals surface area contributed by atoms with Gasteiger partial charge in [-0.3, -0.25) is 19.4 Å². The Hall–Kier alpha value is -2.45. The normalized spacial score (nSPS) is 14.2. The van der Waals surface area contributed by atoms with Crippen molar-refractivity contribution in [1.82, 2.24) is 20.1 Å². The van der Waals surface area contributed by atoms with Gasteiger partial charge >= 0.3 is 0 Å². The number of carbonyl (C=O) groups is 3. The molecule has 0 aliphatic carbocycles. The maximum atomic E-state index is 12.3. The van der Waals surface area contributed by atoms with E-state index < -0.39 is 5.91 Å². The van der Waals surface area contributed by atoms with Gasteiger partial charge in [-0.25, -0.2) is 0 Å². The van der Waals surface area contributed by atoms with Crippen molar-refractivity contribution in [2.75, 3.05) is 32.7 Å². The van der Waals surface area contributed by atoms with Gasteiger partial charge in [-0.05, 0) is 23.6 Å². The van der Waals surface area contributed by atoms with Gasteiger partial charge in [0.2, 0.25) is 5.91 Å². The van der Waals surface area contributed by atoms with Gasteiger partial charge in [0.25, 0.3) is 11.8 Å². The summed E-state index contributed by atoms with van der Waals surface area (Å²) in [7, 11) is 0. The van der Waals surface area contributed by atoms with Crippen molar-refractivity contribution in [3.8, 4) is 0 Å². The third-order valence-corrected chi connectivity index (χ3v) is 5.10. The van der Waals surface area contributed by atoms with Gasteiger partial charge in [-0.1, -0.05) is 17.7 Å². The van der Waals surface area contributed by atoms with E-state index in [1.54, 1.807) is 21.9 Å². The molecule has 2 aromatic rings. The third-order valence-electron chi connectivity index (χ3n) is 4.01. The van der Waals surface area contributed by atoms with Crippen LogP contribution in [0, 0.1) is 0 Å². The van der Waals surface area contributed by atoms with Crippen LogP contribution in [0.25, 0.3) is 0 Å². The Bertz CT molecular complexity index is 804. The van der Waals surface area contributed by atoms with Crippen molar-refractivity contribution in [2.24, 2.45) is 0 Å². The molecule has 1 aliphatic rings.